The molecule has 0 aliphatic carbocycles. The average molecular weight is 1350 g/mol. The third kappa shape index (κ3) is 20.6. The second kappa shape index (κ2) is 36.3. The van der Waals surface area contributed by atoms with Crippen molar-refractivity contribution in [3.63, 3.8) is 0 Å². The SMILES string of the molecule is CCOc1ccc(C(C)(C)COCc2cccc(Oc3ccccc3)c2)cc1.CCOc1ccc(C(C)(C)COCc2cccc(Oc3ccccc3)c2)cc1[S+]1c2ccccc2Sc2ccccc21.FB(F)F.O=S1c2ccccc2Sc2ccccc21.S=S.[F-]. The molecule has 0 fully saturated rings. The normalized spacial score (nSPS) is 12.0. The molecule has 10 aromatic carbocycles. The highest BCUT2D eigenvalue weighted by molar-refractivity contribution is 8.07. The predicted molar refractivity (Wildman–Crippen MR) is 371 cm³/mol. The minimum Gasteiger partial charge on any atom is -1.00 e. The summed E-state index contributed by atoms with van der Waals surface area (Å²) in [4.78, 5) is 10.6. The van der Waals surface area contributed by atoms with Crippen molar-refractivity contribution in [2.24, 2.45) is 0 Å². The van der Waals surface area contributed by atoms with Crippen LogP contribution < -0.4 is 23.7 Å². The van der Waals surface area contributed by atoms with E-state index in [9.17, 15) is 17.2 Å². The maximum Gasteiger partial charge on any atom is 0.762 e. The van der Waals surface area contributed by atoms with E-state index in [1.807, 2.05) is 176 Å². The fourth-order valence-electron chi connectivity index (χ4n) is 9.69. The summed E-state index contributed by atoms with van der Waals surface area (Å²) in [6.07, 6.45) is 0. The first kappa shape index (κ1) is 72.2. The maximum atomic E-state index is 12.2. The summed E-state index contributed by atoms with van der Waals surface area (Å²) < 4.78 is 77.3. The summed E-state index contributed by atoms with van der Waals surface area (Å²) in [5.74, 6) is 5.14. The molecule has 12 rings (SSSR count). The van der Waals surface area contributed by atoms with E-state index in [0.29, 0.717) is 39.6 Å². The van der Waals surface area contributed by atoms with Crippen molar-refractivity contribution in [2.45, 2.75) is 110 Å². The summed E-state index contributed by atoms with van der Waals surface area (Å²) in [6, 6.07) is 84.1. The molecule has 0 aromatic heterocycles. The van der Waals surface area contributed by atoms with E-state index in [1.165, 1.54) is 35.6 Å². The van der Waals surface area contributed by atoms with Gasteiger partial charge in [0.15, 0.2) is 15.5 Å². The van der Waals surface area contributed by atoms with Gasteiger partial charge < -0.3 is 33.1 Å². The molecule has 2 aliphatic rings. The maximum absolute atomic E-state index is 12.2. The van der Waals surface area contributed by atoms with Crippen molar-refractivity contribution >= 4 is 75.1 Å². The Balaban J connectivity index is 0.000000205. The van der Waals surface area contributed by atoms with Crippen molar-refractivity contribution in [3.05, 3.63) is 271 Å². The van der Waals surface area contributed by atoms with Crippen LogP contribution in [0.25, 0.3) is 0 Å². The fourth-order valence-corrected chi connectivity index (χ4v) is 16.3. The van der Waals surface area contributed by atoms with Crippen LogP contribution in [0.2, 0.25) is 0 Å². The lowest BCUT2D eigenvalue weighted by Crippen LogP contribution is -3.00. The van der Waals surface area contributed by atoms with Crippen molar-refractivity contribution in [1.29, 1.82) is 0 Å². The van der Waals surface area contributed by atoms with Gasteiger partial charge in [-0.3, -0.25) is 12.9 Å². The van der Waals surface area contributed by atoms with Gasteiger partial charge in [0.1, 0.15) is 39.6 Å². The van der Waals surface area contributed by atoms with Crippen LogP contribution in [0, 0.1) is 0 Å². The monoisotopic (exact) mass is 1350 g/mol. The Morgan fingerprint density at radius 2 is 0.826 bits per heavy atom. The van der Waals surface area contributed by atoms with Crippen LogP contribution in [0.3, 0.4) is 0 Å². The smallest absolute Gasteiger partial charge is 0.762 e. The second-order valence-corrected chi connectivity index (χ2v) is 27.3. The van der Waals surface area contributed by atoms with Gasteiger partial charge in [-0.15, -0.1) is 0 Å². The lowest BCUT2D eigenvalue weighted by Gasteiger charge is -2.27. The number of rotatable bonds is 19. The molecule has 7 nitrogen and oxygen atoms in total. The van der Waals surface area contributed by atoms with Crippen LogP contribution >= 0.6 is 23.5 Å². The van der Waals surface area contributed by atoms with Crippen LogP contribution in [0.15, 0.2) is 293 Å². The molecule has 10 aromatic rings. The van der Waals surface area contributed by atoms with Gasteiger partial charge in [0, 0.05) is 49.1 Å². The first-order chi connectivity index (χ1) is 44.2. The zero-order valence-electron chi connectivity index (χ0n) is 51.8. The van der Waals surface area contributed by atoms with E-state index >= 15 is 0 Å². The summed E-state index contributed by atoms with van der Waals surface area (Å²) in [5, 5.41) is 0. The highest BCUT2D eigenvalue weighted by Gasteiger charge is 2.41. The van der Waals surface area contributed by atoms with Crippen LogP contribution in [-0.2, 0) is 77.6 Å². The molecule has 0 unspecified atom stereocenters. The Morgan fingerprint density at radius 3 is 1.29 bits per heavy atom. The number of ether oxygens (including phenoxy) is 6. The van der Waals surface area contributed by atoms with E-state index in [0.717, 1.165) is 65.2 Å². The molecule has 0 saturated heterocycles. The molecule has 476 valence electrons. The van der Waals surface area contributed by atoms with Gasteiger partial charge in [-0.05, 0) is 151 Å². The van der Waals surface area contributed by atoms with Crippen LogP contribution in [0.5, 0.6) is 34.5 Å². The Hall–Kier alpha value is -7.26. The van der Waals surface area contributed by atoms with Gasteiger partial charge in [-0.1, -0.05) is 179 Å². The molecule has 2 heterocycles. The third-order valence-electron chi connectivity index (χ3n) is 14.1. The molecule has 0 N–H and O–H groups in total. The van der Waals surface area contributed by atoms with Crippen molar-refractivity contribution < 1.29 is 50.3 Å². The summed E-state index contributed by atoms with van der Waals surface area (Å²) in [7, 11) is -4.95. The molecule has 0 spiro atoms. The number of hydrogen-bond donors (Lipinski definition) is 0. The fraction of sp³-hybridized carbons (Fsp3) is 0.189. The van der Waals surface area contributed by atoms with Crippen LogP contribution in [0.4, 0.5) is 12.9 Å². The standard InChI is InChI=1S/C37H35O3S2.C25H28O3.C12H8OS2.BF3.FH.S2/c1-4-39-31-22-21-28(24-36(31)42-34-19-10-8-17-32(34)41-33-18-9-11-20-35(33)42)37(2,3)26-38-25-27-13-12-16-30(23-27)40-29-14-6-5-7-15-29;1-4-27-22-15-13-21(14-16-22)25(2,3)19-26-18-20-9-8-12-24(17-20)28-23-10-6-5-7-11-23;13-15-11-7-3-1-5-9(11)14-10-6-2-4-8-12(10)15;2-1(3)4;;1-2/h5-24H,4,25-26H2,1-3H3;5-17H,4,18-19H2,1-3H3;1-8H;;1H;/q+1;;;;;/p-1. The summed E-state index contributed by atoms with van der Waals surface area (Å²) in [5.41, 5.74) is 4.37. The van der Waals surface area contributed by atoms with Crippen LogP contribution in [-0.4, -0.2) is 38.2 Å². The molecular weight excluding hydrogens is 1280 g/mol. The number of fused-ring (bicyclic) bond motifs is 4. The molecule has 0 atom stereocenters. The second-order valence-electron chi connectivity index (χ2n) is 21.7. The topological polar surface area (TPSA) is 72.5 Å². The van der Waals surface area contributed by atoms with E-state index < -0.39 is 18.3 Å². The Morgan fingerprint density at radius 1 is 0.435 bits per heavy atom. The van der Waals surface area contributed by atoms with Crippen molar-refractivity contribution in [1.82, 2.24) is 0 Å². The van der Waals surface area contributed by atoms with Gasteiger partial charge in [0.05, 0.1) is 70.0 Å². The molecule has 0 amide bonds. The number of hydrogen-bond acceptors (Lipinski definition) is 11. The molecule has 18 heteroatoms. The minimum absolute atomic E-state index is 0. The molecule has 0 bridgehead atoms. The lowest BCUT2D eigenvalue weighted by atomic mass is 9.85. The van der Waals surface area contributed by atoms with E-state index in [2.05, 4.69) is 148 Å². The highest BCUT2D eigenvalue weighted by Crippen LogP contribution is 2.51. The van der Waals surface area contributed by atoms with E-state index in [4.69, 9.17) is 28.4 Å². The first-order valence-corrected chi connectivity index (χ1v) is 34.8. The van der Waals surface area contributed by atoms with Gasteiger partial charge in [0.2, 0.25) is 4.90 Å². The van der Waals surface area contributed by atoms with Crippen molar-refractivity contribution in [3.8, 4) is 34.5 Å². The van der Waals surface area contributed by atoms with E-state index in [-0.39, 0.29) is 26.4 Å². The van der Waals surface area contributed by atoms with Gasteiger partial charge in [-0.2, -0.15) is 0 Å². The Kier molecular flexibility index (Phi) is 28.4. The van der Waals surface area contributed by atoms with E-state index in [1.54, 1.807) is 11.8 Å². The number of para-hydroxylation sites is 2. The summed E-state index contributed by atoms with van der Waals surface area (Å²) in [6.45, 7) is 16.5. The molecule has 2 aliphatic heterocycles. The summed E-state index contributed by atoms with van der Waals surface area (Å²) >= 11 is 10.9. The molecular formula is C74H71BF4O7S6. The minimum atomic E-state index is -3.67. The quantitative estimate of drug-likeness (QED) is 0.0442. The highest BCUT2D eigenvalue weighted by atomic mass is 32.8. The van der Waals surface area contributed by atoms with Gasteiger partial charge in [-0.25, -0.2) is 4.21 Å². The number of benzene rings is 10. The molecule has 0 radical (unpaired) electrons. The Bertz CT molecular complexity index is 3830. The molecule has 0 saturated carbocycles. The zero-order valence-corrected chi connectivity index (χ0v) is 56.7. The zero-order chi connectivity index (χ0) is 64.6. The van der Waals surface area contributed by atoms with Gasteiger partial charge >= 0.3 is 7.54 Å². The van der Waals surface area contributed by atoms with Crippen molar-refractivity contribution in [2.75, 3.05) is 26.4 Å². The average Bonchev–Trinajstić information content (AvgIpc) is 0.776. The van der Waals surface area contributed by atoms with Gasteiger partial charge in [0.25, 0.3) is 0 Å². The molecule has 92 heavy (non-hydrogen) atoms. The van der Waals surface area contributed by atoms with Crippen LogP contribution in [0.1, 0.15) is 63.8 Å². The lowest BCUT2D eigenvalue weighted by molar-refractivity contribution is -0.0000244. The predicted octanol–water partition coefficient (Wildman–Crippen LogP) is 17.5. The first-order valence-electron chi connectivity index (χ1n) is 29.4. The largest absolute Gasteiger partial charge is 1.00 e. The third-order valence-corrected chi connectivity index (χ3v) is 20.8. The Labute approximate surface area is 562 Å². The number of halogens is 4.